The highest BCUT2D eigenvalue weighted by Gasteiger charge is 2.45. The van der Waals surface area contributed by atoms with Crippen molar-refractivity contribution in [3.05, 3.63) is 53.1 Å². The number of oxime groups is 1. The van der Waals surface area contributed by atoms with Gasteiger partial charge in [0.15, 0.2) is 0 Å². The highest BCUT2D eigenvalue weighted by atomic mass is 19.1. The summed E-state index contributed by atoms with van der Waals surface area (Å²) in [6, 6.07) is 6.47. The molecular weight excluding hydrogens is 411 g/mol. The molecule has 172 valence electrons. The van der Waals surface area contributed by atoms with Crippen LogP contribution in [0.2, 0.25) is 0 Å². The molecule has 3 heterocycles. The van der Waals surface area contributed by atoms with Gasteiger partial charge in [-0.2, -0.15) is 5.10 Å². The fraction of sp³-hybridized carbons (Fsp3) is 0.542. The van der Waals surface area contributed by atoms with E-state index < -0.39 is 11.4 Å². The SMILES string of the molecule is CCCn1ncc(CN2CCC(CC3CC(c4ccccc4F)=NO3)(C(=O)O)CC2)c1C. The van der Waals surface area contributed by atoms with Crippen LogP contribution in [0.3, 0.4) is 0 Å². The molecule has 1 unspecified atom stereocenters. The Kier molecular flexibility index (Phi) is 6.60. The maximum atomic E-state index is 14.1. The predicted molar refractivity (Wildman–Crippen MR) is 119 cm³/mol. The number of hydrogen-bond acceptors (Lipinski definition) is 5. The van der Waals surface area contributed by atoms with E-state index in [1.165, 1.54) is 17.3 Å². The molecule has 0 spiro atoms. The molecule has 0 bridgehead atoms. The molecule has 2 aliphatic heterocycles. The van der Waals surface area contributed by atoms with Crippen molar-refractivity contribution in [2.24, 2.45) is 10.6 Å². The van der Waals surface area contributed by atoms with Crippen LogP contribution in [0, 0.1) is 18.2 Å². The van der Waals surface area contributed by atoms with E-state index in [1.807, 2.05) is 10.9 Å². The van der Waals surface area contributed by atoms with Crippen LogP contribution < -0.4 is 0 Å². The summed E-state index contributed by atoms with van der Waals surface area (Å²) in [5.74, 6) is -1.12. The van der Waals surface area contributed by atoms with Gasteiger partial charge < -0.3 is 9.94 Å². The molecule has 0 amide bonds. The number of aromatic nitrogens is 2. The van der Waals surface area contributed by atoms with Gasteiger partial charge in [-0.25, -0.2) is 4.39 Å². The summed E-state index contributed by atoms with van der Waals surface area (Å²) < 4.78 is 16.1. The van der Waals surface area contributed by atoms with Crippen molar-refractivity contribution in [2.45, 2.75) is 65.1 Å². The van der Waals surface area contributed by atoms with E-state index in [1.54, 1.807) is 18.2 Å². The standard InChI is InChI=1S/C24H31FN4O3/c1-3-10-29-17(2)18(15-26-29)16-28-11-8-24(9-12-28,23(30)31)14-19-13-22(27-32-19)20-6-4-5-7-21(20)25/h4-7,15,19H,3,8-14,16H2,1-2H3,(H,30,31). The molecule has 1 fully saturated rings. The molecule has 1 N–H and O–H groups in total. The van der Waals surface area contributed by atoms with Crippen molar-refractivity contribution in [1.82, 2.24) is 14.7 Å². The molecule has 0 saturated carbocycles. The summed E-state index contributed by atoms with van der Waals surface area (Å²) in [4.78, 5) is 20.1. The zero-order valence-electron chi connectivity index (χ0n) is 18.8. The summed E-state index contributed by atoms with van der Waals surface area (Å²) in [6.45, 7) is 7.33. The first kappa shape index (κ1) is 22.5. The maximum absolute atomic E-state index is 14.1. The minimum Gasteiger partial charge on any atom is -0.481 e. The van der Waals surface area contributed by atoms with Crippen molar-refractivity contribution in [2.75, 3.05) is 13.1 Å². The molecule has 1 atom stereocenters. The lowest BCUT2D eigenvalue weighted by Crippen LogP contribution is -2.45. The molecule has 2 aliphatic rings. The van der Waals surface area contributed by atoms with Crippen LogP contribution >= 0.6 is 0 Å². The molecule has 32 heavy (non-hydrogen) atoms. The van der Waals surface area contributed by atoms with Gasteiger partial charge in [0.25, 0.3) is 0 Å². The molecule has 0 radical (unpaired) electrons. The van der Waals surface area contributed by atoms with E-state index in [-0.39, 0.29) is 11.9 Å². The van der Waals surface area contributed by atoms with Crippen LogP contribution in [0.15, 0.2) is 35.6 Å². The van der Waals surface area contributed by atoms with Crippen LogP contribution in [0.25, 0.3) is 0 Å². The molecule has 0 aliphatic carbocycles. The topological polar surface area (TPSA) is 80.0 Å². The smallest absolute Gasteiger partial charge is 0.309 e. The number of piperidine rings is 1. The average molecular weight is 443 g/mol. The van der Waals surface area contributed by atoms with E-state index in [4.69, 9.17) is 4.84 Å². The number of benzene rings is 1. The number of carboxylic acid groups (broad SMARTS) is 1. The van der Waals surface area contributed by atoms with Crippen molar-refractivity contribution in [1.29, 1.82) is 0 Å². The Morgan fingerprint density at radius 3 is 2.75 bits per heavy atom. The minimum absolute atomic E-state index is 0.339. The third kappa shape index (κ3) is 4.55. The van der Waals surface area contributed by atoms with Crippen molar-refractivity contribution >= 4 is 11.7 Å². The van der Waals surface area contributed by atoms with Gasteiger partial charge in [-0.3, -0.25) is 14.4 Å². The molecule has 4 rings (SSSR count). The summed E-state index contributed by atoms with van der Waals surface area (Å²) in [5.41, 5.74) is 2.50. The molecule has 1 saturated heterocycles. The molecule has 1 aromatic carbocycles. The minimum atomic E-state index is -0.844. The van der Waals surface area contributed by atoms with E-state index in [0.717, 1.165) is 19.5 Å². The Labute approximate surface area is 187 Å². The Balaban J connectivity index is 1.36. The van der Waals surface area contributed by atoms with Gasteiger partial charge in [-0.15, -0.1) is 0 Å². The number of carboxylic acids is 1. The van der Waals surface area contributed by atoms with Crippen molar-refractivity contribution in [3.63, 3.8) is 0 Å². The maximum Gasteiger partial charge on any atom is 0.309 e. The second-order valence-electron chi connectivity index (χ2n) is 8.99. The van der Waals surface area contributed by atoms with Gasteiger partial charge in [0.05, 0.1) is 17.3 Å². The number of aliphatic carboxylic acids is 1. The first-order chi connectivity index (χ1) is 15.4. The zero-order valence-corrected chi connectivity index (χ0v) is 18.8. The molecule has 1 aromatic heterocycles. The van der Waals surface area contributed by atoms with Crippen LogP contribution in [-0.4, -0.2) is 50.7 Å². The normalized spacial score (nSPS) is 20.7. The van der Waals surface area contributed by atoms with Gasteiger partial charge in [-0.1, -0.05) is 30.3 Å². The van der Waals surface area contributed by atoms with Crippen molar-refractivity contribution in [3.8, 4) is 0 Å². The Bertz CT molecular complexity index is 995. The number of nitrogens with zero attached hydrogens (tertiary/aromatic N) is 4. The third-order valence-electron chi connectivity index (χ3n) is 6.84. The summed E-state index contributed by atoms with van der Waals surface area (Å²) in [6.07, 6.45) is 4.54. The van der Waals surface area contributed by atoms with Gasteiger partial charge >= 0.3 is 5.97 Å². The largest absolute Gasteiger partial charge is 0.481 e. The van der Waals surface area contributed by atoms with Crippen LogP contribution in [0.1, 0.15) is 55.8 Å². The zero-order chi connectivity index (χ0) is 22.7. The monoisotopic (exact) mass is 442 g/mol. The number of hydrogen-bond donors (Lipinski definition) is 1. The Hall–Kier alpha value is -2.74. The molecular formula is C24H31FN4O3. The van der Waals surface area contributed by atoms with Crippen LogP contribution in [0.4, 0.5) is 4.39 Å². The summed E-state index contributed by atoms with van der Waals surface area (Å²) >= 11 is 0. The Morgan fingerprint density at radius 1 is 1.31 bits per heavy atom. The van der Waals surface area contributed by atoms with E-state index >= 15 is 0 Å². The van der Waals surface area contributed by atoms with Crippen LogP contribution in [0.5, 0.6) is 0 Å². The van der Waals surface area contributed by atoms with Crippen molar-refractivity contribution < 1.29 is 19.1 Å². The van der Waals surface area contributed by atoms with Crippen LogP contribution in [-0.2, 0) is 22.7 Å². The summed E-state index contributed by atoms with van der Waals surface area (Å²) in [7, 11) is 0. The van der Waals surface area contributed by atoms with Gasteiger partial charge in [0.1, 0.15) is 11.9 Å². The molecule has 8 heteroatoms. The van der Waals surface area contributed by atoms with E-state index in [0.29, 0.717) is 50.0 Å². The Morgan fingerprint density at radius 2 is 2.06 bits per heavy atom. The lowest BCUT2D eigenvalue weighted by atomic mass is 9.73. The first-order valence-electron chi connectivity index (χ1n) is 11.4. The number of carbonyl (C=O) groups is 1. The number of likely N-dealkylation sites (tertiary alicyclic amines) is 1. The van der Waals surface area contributed by atoms with E-state index in [9.17, 15) is 14.3 Å². The lowest BCUT2D eigenvalue weighted by molar-refractivity contribution is -0.155. The van der Waals surface area contributed by atoms with Gasteiger partial charge in [0.2, 0.25) is 0 Å². The van der Waals surface area contributed by atoms with Gasteiger partial charge in [0, 0.05) is 42.8 Å². The molecule has 2 aromatic rings. The first-order valence-corrected chi connectivity index (χ1v) is 11.4. The number of rotatable bonds is 8. The fourth-order valence-corrected chi connectivity index (χ4v) is 4.79. The molecule has 7 nitrogen and oxygen atoms in total. The number of aryl methyl sites for hydroxylation is 1. The highest BCUT2D eigenvalue weighted by molar-refractivity contribution is 6.01. The lowest BCUT2D eigenvalue weighted by Gasteiger charge is -2.39. The fourth-order valence-electron chi connectivity index (χ4n) is 4.79. The highest BCUT2D eigenvalue weighted by Crippen LogP contribution is 2.39. The second-order valence-corrected chi connectivity index (χ2v) is 8.99. The third-order valence-corrected chi connectivity index (χ3v) is 6.84. The predicted octanol–water partition coefficient (Wildman–Crippen LogP) is 3.99. The number of halogens is 1. The summed E-state index contributed by atoms with van der Waals surface area (Å²) in [5, 5.41) is 18.6. The average Bonchev–Trinajstić information content (AvgIpc) is 3.37. The van der Waals surface area contributed by atoms with E-state index in [2.05, 4.69) is 29.0 Å². The van der Waals surface area contributed by atoms with Gasteiger partial charge in [-0.05, 0) is 45.3 Å². The second kappa shape index (κ2) is 9.40. The quantitative estimate of drug-likeness (QED) is 0.669.